The van der Waals surface area contributed by atoms with Gasteiger partial charge >= 0.3 is 7.48 Å². The van der Waals surface area contributed by atoms with Crippen LogP contribution in [0.2, 0.25) is 0 Å². The third-order valence-electron chi connectivity index (χ3n) is 1.84. The number of methoxy groups -OCH3 is 1. The van der Waals surface area contributed by atoms with Crippen LogP contribution in [0.5, 0.6) is 5.75 Å². The van der Waals surface area contributed by atoms with Crippen LogP contribution in [0.25, 0.3) is 0 Å². The number of ether oxygens (including phenoxy) is 1. The van der Waals surface area contributed by atoms with Crippen molar-refractivity contribution in [3.05, 3.63) is 23.3 Å². The molecule has 0 atom stereocenters. The van der Waals surface area contributed by atoms with E-state index in [9.17, 15) is 0 Å². The summed E-state index contributed by atoms with van der Waals surface area (Å²) in [4.78, 5) is 0. The summed E-state index contributed by atoms with van der Waals surface area (Å²) in [6.45, 7) is 3.91. The lowest BCUT2D eigenvalue weighted by molar-refractivity contribution is 0.408. The van der Waals surface area contributed by atoms with Gasteiger partial charge in [0, 0.05) is 0 Å². The Hall–Kier alpha value is -0.955. The maximum atomic E-state index is 8.78. The maximum Gasteiger partial charge on any atom is 0.326 e. The molecule has 1 aromatic rings. The van der Waals surface area contributed by atoms with Gasteiger partial charge in [0.05, 0.1) is 7.11 Å². The van der Waals surface area contributed by atoms with E-state index in [4.69, 9.17) is 9.76 Å². The van der Waals surface area contributed by atoms with E-state index in [0.717, 1.165) is 29.8 Å². The van der Waals surface area contributed by atoms with Gasteiger partial charge in [-0.3, -0.25) is 0 Å². The predicted octanol–water partition coefficient (Wildman–Crippen LogP) is 0.549. The first kappa shape index (κ1) is 9.14. The third kappa shape index (κ3) is 1.61. The highest BCUT2D eigenvalue weighted by molar-refractivity contribution is 6.45. The first-order valence-corrected chi connectivity index (χ1v) is 3.81. The number of hydrogen-bond acceptors (Lipinski definition) is 2. The summed E-state index contributed by atoms with van der Waals surface area (Å²) in [7, 11) is 2.75. The van der Waals surface area contributed by atoms with Gasteiger partial charge in [-0.1, -0.05) is 17.6 Å². The van der Waals surface area contributed by atoms with Gasteiger partial charge in [0.25, 0.3) is 0 Å². The zero-order chi connectivity index (χ0) is 9.14. The molecule has 0 unspecified atom stereocenters. The van der Waals surface area contributed by atoms with Crippen LogP contribution in [-0.2, 0) is 0 Å². The van der Waals surface area contributed by atoms with E-state index in [2.05, 4.69) is 0 Å². The lowest BCUT2D eigenvalue weighted by Gasteiger charge is -2.09. The molecule has 0 saturated heterocycles. The zero-order valence-corrected chi connectivity index (χ0v) is 7.59. The highest BCUT2D eigenvalue weighted by atomic mass is 16.5. The van der Waals surface area contributed by atoms with Crippen LogP contribution < -0.4 is 10.2 Å². The summed E-state index contributed by atoms with van der Waals surface area (Å²) in [5.41, 5.74) is 2.89. The van der Waals surface area contributed by atoms with Crippen molar-refractivity contribution in [1.29, 1.82) is 0 Å². The fourth-order valence-corrected chi connectivity index (χ4v) is 1.38. The minimum atomic E-state index is 0.811. The van der Waals surface area contributed by atoms with Crippen LogP contribution in [0.4, 0.5) is 0 Å². The normalized spacial score (nSPS) is 9.67. The van der Waals surface area contributed by atoms with Crippen LogP contribution in [-0.4, -0.2) is 19.6 Å². The number of rotatable bonds is 2. The van der Waals surface area contributed by atoms with Crippen molar-refractivity contribution in [2.75, 3.05) is 7.11 Å². The van der Waals surface area contributed by atoms with E-state index in [1.165, 1.54) is 0 Å². The second kappa shape index (κ2) is 3.63. The van der Waals surface area contributed by atoms with Crippen LogP contribution in [0, 0.1) is 13.8 Å². The third-order valence-corrected chi connectivity index (χ3v) is 1.84. The topological polar surface area (TPSA) is 29.5 Å². The summed E-state index contributed by atoms with van der Waals surface area (Å²) in [6.07, 6.45) is 0. The van der Waals surface area contributed by atoms with E-state index in [1.807, 2.05) is 26.0 Å². The van der Waals surface area contributed by atoms with E-state index < -0.39 is 0 Å². The van der Waals surface area contributed by atoms with Crippen molar-refractivity contribution in [2.45, 2.75) is 13.8 Å². The fourth-order valence-electron chi connectivity index (χ4n) is 1.38. The smallest absolute Gasteiger partial charge is 0.326 e. The van der Waals surface area contributed by atoms with E-state index >= 15 is 0 Å². The highest BCUT2D eigenvalue weighted by Gasteiger charge is 2.04. The minimum Gasteiger partial charge on any atom is -0.496 e. The van der Waals surface area contributed by atoms with Crippen molar-refractivity contribution >= 4 is 12.9 Å². The monoisotopic (exact) mass is 163 g/mol. The predicted molar refractivity (Wildman–Crippen MR) is 50.1 cm³/mol. The SMILES string of the molecule is COc1c(C)cc([B]O)cc1C. The average Bonchev–Trinajstić information content (AvgIpc) is 2.03. The molecule has 0 spiro atoms. The van der Waals surface area contributed by atoms with Gasteiger partial charge in [0.1, 0.15) is 5.75 Å². The molecule has 0 amide bonds. The quantitative estimate of drug-likeness (QED) is 0.645. The standard InChI is InChI=1S/C9H12BO2/c1-6-4-8(10-11)5-7(2)9(6)12-3/h4-5,11H,1-3H3. The molecule has 0 heterocycles. The van der Waals surface area contributed by atoms with Gasteiger partial charge < -0.3 is 9.76 Å². The molecule has 3 heteroatoms. The first-order chi connectivity index (χ1) is 5.69. The number of aryl methyl sites for hydroxylation is 2. The average molecular weight is 163 g/mol. The van der Waals surface area contributed by atoms with Gasteiger partial charge in [0.15, 0.2) is 0 Å². The van der Waals surface area contributed by atoms with Crippen molar-refractivity contribution in [3.8, 4) is 5.75 Å². The Bertz CT molecular complexity index is 261. The van der Waals surface area contributed by atoms with Gasteiger partial charge in [-0.25, -0.2) is 0 Å². The Balaban J connectivity index is 3.18. The van der Waals surface area contributed by atoms with Crippen molar-refractivity contribution < 1.29 is 9.76 Å². The van der Waals surface area contributed by atoms with Gasteiger partial charge in [-0.15, -0.1) is 0 Å². The van der Waals surface area contributed by atoms with E-state index in [1.54, 1.807) is 7.11 Å². The van der Waals surface area contributed by atoms with Crippen LogP contribution in [0.3, 0.4) is 0 Å². The maximum absolute atomic E-state index is 8.78. The largest absolute Gasteiger partial charge is 0.496 e. The Kier molecular flexibility index (Phi) is 2.76. The first-order valence-electron chi connectivity index (χ1n) is 3.81. The molecule has 0 saturated carbocycles. The van der Waals surface area contributed by atoms with E-state index in [-0.39, 0.29) is 0 Å². The van der Waals surface area contributed by atoms with Crippen LogP contribution >= 0.6 is 0 Å². The molecule has 0 fully saturated rings. The Morgan fingerprint density at radius 3 is 2.08 bits per heavy atom. The lowest BCUT2D eigenvalue weighted by atomic mass is 9.86. The second-order valence-corrected chi connectivity index (χ2v) is 2.82. The Morgan fingerprint density at radius 1 is 1.25 bits per heavy atom. The molecule has 0 aliphatic carbocycles. The molecule has 0 aliphatic heterocycles. The second-order valence-electron chi connectivity index (χ2n) is 2.82. The van der Waals surface area contributed by atoms with Crippen molar-refractivity contribution in [2.24, 2.45) is 0 Å². The molecule has 63 valence electrons. The summed E-state index contributed by atoms with van der Waals surface area (Å²) in [6, 6.07) is 3.76. The summed E-state index contributed by atoms with van der Waals surface area (Å²) < 4.78 is 5.18. The number of hydrogen-bond donors (Lipinski definition) is 1. The lowest BCUT2D eigenvalue weighted by Crippen LogP contribution is -2.14. The number of benzene rings is 1. The molecule has 1 aromatic carbocycles. The summed E-state index contributed by atoms with van der Waals surface area (Å²) in [5.74, 6) is 0.889. The molecule has 1 rings (SSSR count). The molecule has 0 bridgehead atoms. The Morgan fingerprint density at radius 2 is 1.75 bits per heavy atom. The van der Waals surface area contributed by atoms with Gasteiger partial charge in [0.2, 0.25) is 0 Å². The van der Waals surface area contributed by atoms with Crippen molar-refractivity contribution in [3.63, 3.8) is 0 Å². The summed E-state index contributed by atoms with van der Waals surface area (Å²) in [5, 5.41) is 8.78. The zero-order valence-electron chi connectivity index (χ0n) is 7.59. The van der Waals surface area contributed by atoms with E-state index in [0.29, 0.717) is 0 Å². The molecular weight excluding hydrogens is 151 g/mol. The molecule has 0 aliphatic rings. The highest BCUT2D eigenvalue weighted by Crippen LogP contribution is 2.20. The van der Waals surface area contributed by atoms with Gasteiger partial charge in [-0.2, -0.15) is 0 Å². The molecule has 1 radical (unpaired) electrons. The molecular formula is C9H12BO2. The Labute approximate surface area is 73.5 Å². The summed E-state index contributed by atoms with van der Waals surface area (Å²) >= 11 is 0. The van der Waals surface area contributed by atoms with Crippen LogP contribution in [0.15, 0.2) is 12.1 Å². The molecule has 2 nitrogen and oxygen atoms in total. The van der Waals surface area contributed by atoms with Crippen molar-refractivity contribution in [1.82, 2.24) is 0 Å². The van der Waals surface area contributed by atoms with Crippen LogP contribution in [0.1, 0.15) is 11.1 Å². The molecule has 0 aromatic heterocycles. The molecule has 1 N–H and O–H groups in total. The molecule has 12 heavy (non-hydrogen) atoms. The van der Waals surface area contributed by atoms with Gasteiger partial charge in [-0.05, 0) is 25.0 Å². The minimum absolute atomic E-state index is 0.811. The fraction of sp³-hybridized carbons (Fsp3) is 0.333.